The molecular formula is C23H19NO7. The third-order valence-corrected chi connectivity index (χ3v) is 4.84. The molecule has 2 aliphatic carbocycles. The highest BCUT2D eigenvalue weighted by molar-refractivity contribution is 6.16. The molecule has 0 saturated heterocycles. The molecule has 0 bridgehead atoms. The van der Waals surface area contributed by atoms with E-state index in [1.165, 1.54) is 0 Å². The molecule has 2 fully saturated rings. The predicted octanol–water partition coefficient (Wildman–Crippen LogP) is 2.08. The molecule has 0 unspecified atom stereocenters. The first-order valence-corrected chi connectivity index (χ1v) is 9.39. The summed E-state index contributed by atoms with van der Waals surface area (Å²) in [5.41, 5.74) is -0.949. The number of amides is 1. The van der Waals surface area contributed by atoms with Gasteiger partial charge in [-0.25, -0.2) is 4.79 Å². The van der Waals surface area contributed by atoms with E-state index in [-0.39, 0.29) is 12.8 Å². The normalized spacial score (nSPS) is 17.2. The topological polar surface area (TPSA) is 141 Å². The Morgan fingerprint density at radius 2 is 1.35 bits per heavy atom. The lowest BCUT2D eigenvalue weighted by Crippen LogP contribution is -2.32. The number of ketones is 2. The summed E-state index contributed by atoms with van der Waals surface area (Å²) in [4.78, 5) is 49.2. The largest absolute Gasteiger partial charge is 0.506 e. The van der Waals surface area contributed by atoms with Gasteiger partial charge in [-0.2, -0.15) is 0 Å². The van der Waals surface area contributed by atoms with Gasteiger partial charge in [0, 0.05) is 18.3 Å². The summed E-state index contributed by atoms with van der Waals surface area (Å²) in [6, 6.07) is 2.02. The lowest BCUT2D eigenvalue weighted by Gasteiger charge is -2.20. The summed E-state index contributed by atoms with van der Waals surface area (Å²) >= 11 is 0. The third kappa shape index (κ3) is 5.24. The molecule has 0 heterocycles. The van der Waals surface area contributed by atoms with E-state index >= 15 is 0 Å². The average Bonchev–Trinajstić information content (AvgIpc) is 3.44. The van der Waals surface area contributed by atoms with E-state index in [9.17, 15) is 29.4 Å². The number of hydrogen-bond acceptors (Lipinski definition) is 6. The van der Waals surface area contributed by atoms with Crippen molar-refractivity contribution >= 4 is 29.1 Å². The van der Waals surface area contributed by atoms with E-state index in [1.807, 2.05) is 0 Å². The Kier molecular flexibility index (Phi) is 7.30. The fourth-order valence-electron chi connectivity index (χ4n) is 3.21. The molecule has 2 aliphatic rings. The molecule has 0 atom stereocenters. The highest BCUT2D eigenvalue weighted by Gasteiger charge is 2.39. The number of phenols is 2. The summed E-state index contributed by atoms with van der Waals surface area (Å²) in [6.07, 6.45) is 12.6. The van der Waals surface area contributed by atoms with Crippen LogP contribution in [-0.2, 0) is 14.4 Å². The second kappa shape index (κ2) is 9.94. The molecule has 1 amide bonds. The van der Waals surface area contributed by atoms with E-state index in [2.05, 4.69) is 5.32 Å². The molecule has 3 rings (SSSR count). The molecule has 4 N–H and O–H groups in total. The van der Waals surface area contributed by atoms with Gasteiger partial charge >= 0.3 is 5.97 Å². The van der Waals surface area contributed by atoms with Crippen molar-refractivity contribution < 1.29 is 34.5 Å². The number of carboxylic acid groups (broad SMARTS) is 1. The van der Waals surface area contributed by atoms with Crippen LogP contribution in [0.5, 0.6) is 11.5 Å². The number of carboxylic acids is 1. The van der Waals surface area contributed by atoms with Gasteiger partial charge in [-0.05, 0) is 69.9 Å². The zero-order valence-corrected chi connectivity index (χ0v) is 16.2. The molecule has 0 aliphatic heterocycles. The smallest absolute Gasteiger partial charge is 0.339 e. The molecule has 1 aromatic rings. The number of hydrogen-bond donors (Lipinski definition) is 4. The van der Waals surface area contributed by atoms with Gasteiger partial charge in [-0.15, -0.1) is 0 Å². The highest BCUT2D eigenvalue weighted by atomic mass is 16.4. The first kappa shape index (κ1) is 22.8. The average molecular weight is 421 g/mol. The van der Waals surface area contributed by atoms with Crippen LogP contribution < -0.4 is 5.32 Å². The molecule has 8 heteroatoms. The van der Waals surface area contributed by atoms with Crippen LogP contribution in [0.25, 0.3) is 0 Å². The van der Waals surface area contributed by atoms with Gasteiger partial charge in [0.15, 0.2) is 17.3 Å². The summed E-state index contributed by atoms with van der Waals surface area (Å²) < 4.78 is 0. The molecule has 1 aromatic carbocycles. The molecule has 0 spiro atoms. The maximum absolute atomic E-state index is 12.8. The van der Waals surface area contributed by atoms with E-state index in [1.54, 1.807) is 51.4 Å². The van der Waals surface area contributed by atoms with Crippen molar-refractivity contribution in [3.63, 3.8) is 0 Å². The molecule has 2 saturated carbocycles. The van der Waals surface area contributed by atoms with Crippen LogP contribution in [-0.4, -0.2) is 38.8 Å². The first-order chi connectivity index (χ1) is 14.8. The monoisotopic (exact) mass is 421 g/mol. The Balaban J connectivity index is 1.70. The number of carbonyl (C=O) groups is 4. The van der Waals surface area contributed by atoms with Gasteiger partial charge in [0.05, 0.1) is 5.92 Å². The number of aromatic hydroxyl groups is 2. The summed E-state index contributed by atoms with van der Waals surface area (Å²) in [6.45, 7) is 0. The van der Waals surface area contributed by atoms with Gasteiger partial charge in [-0.3, -0.25) is 14.4 Å². The number of aromatic carboxylic acids is 1. The van der Waals surface area contributed by atoms with Gasteiger partial charge < -0.3 is 20.6 Å². The van der Waals surface area contributed by atoms with Crippen LogP contribution in [0.15, 0.2) is 12.1 Å². The number of anilines is 1. The van der Waals surface area contributed by atoms with Crippen molar-refractivity contribution in [2.45, 2.75) is 12.8 Å². The summed E-state index contributed by atoms with van der Waals surface area (Å²) in [5.74, 6) is -4.67. The fourth-order valence-corrected chi connectivity index (χ4v) is 3.21. The van der Waals surface area contributed by atoms with Crippen LogP contribution in [0.1, 0.15) is 23.2 Å². The minimum Gasteiger partial charge on any atom is -0.506 e. The van der Waals surface area contributed by atoms with Crippen molar-refractivity contribution in [3.05, 3.63) is 80.9 Å². The van der Waals surface area contributed by atoms with Crippen LogP contribution in [0.4, 0.5) is 5.69 Å². The zero-order valence-electron chi connectivity index (χ0n) is 16.2. The zero-order chi connectivity index (χ0) is 22.5. The van der Waals surface area contributed by atoms with Crippen LogP contribution in [0.2, 0.25) is 0 Å². The first-order valence-electron chi connectivity index (χ1n) is 9.39. The molecule has 158 valence electrons. The van der Waals surface area contributed by atoms with E-state index in [0.717, 1.165) is 12.1 Å². The maximum atomic E-state index is 12.8. The van der Waals surface area contributed by atoms with Crippen molar-refractivity contribution in [2.75, 3.05) is 5.32 Å². The van der Waals surface area contributed by atoms with Gasteiger partial charge in [0.2, 0.25) is 5.91 Å². The van der Waals surface area contributed by atoms with Gasteiger partial charge in [0.1, 0.15) is 17.0 Å². The molecule has 8 nitrogen and oxygen atoms in total. The SMILES string of the molecule is O=C(CCC(C(=O)[C]1[CH][CH][CH][CH]1)C(=O)[C]1[CH][CH][CH][CH]1)Nc1c(O)ccc(C(=O)O)c1O. The van der Waals surface area contributed by atoms with Gasteiger partial charge in [0.25, 0.3) is 0 Å². The van der Waals surface area contributed by atoms with Gasteiger partial charge in [-0.1, -0.05) is 0 Å². The Morgan fingerprint density at radius 1 is 0.839 bits per heavy atom. The number of rotatable bonds is 9. The number of carbonyl (C=O) groups excluding carboxylic acids is 3. The second-order valence-corrected chi connectivity index (χ2v) is 6.88. The predicted molar refractivity (Wildman–Crippen MR) is 109 cm³/mol. The fraction of sp³-hybridized carbons (Fsp3) is 0.130. The van der Waals surface area contributed by atoms with E-state index in [0.29, 0.717) is 11.8 Å². The second-order valence-electron chi connectivity index (χ2n) is 6.88. The molecule has 31 heavy (non-hydrogen) atoms. The van der Waals surface area contributed by atoms with E-state index < -0.39 is 52.1 Å². The number of nitrogens with one attached hydrogen (secondary N) is 1. The van der Waals surface area contributed by atoms with Crippen molar-refractivity contribution in [1.82, 2.24) is 0 Å². The molecule has 10 radical (unpaired) electrons. The molecule has 0 aromatic heterocycles. The van der Waals surface area contributed by atoms with E-state index in [4.69, 9.17) is 5.11 Å². The third-order valence-electron chi connectivity index (χ3n) is 4.84. The number of benzene rings is 1. The van der Waals surface area contributed by atoms with Crippen LogP contribution in [0.3, 0.4) is 0 Å². The molecular weight excluding hydrogens is 402 g/mol. The van der Waals surface area contributed by atoms with Crippen LogP contribution >= 0.6 is 0 Å². The highest BCUT2D eigenvalue weighted by Crippen LogP contribution is 2.37. The number of Topliss-reactive ketones (excluding diaryl/α,β-unsaturated/α-hetero) is 2. The van der Waals surface area contributed by atoms with Crippen LogP contribution in [0, 0.1) is 69.1 Å². The summed E-state index contributed by atoms with van der Waals surface area (Å²) in [5, 5.41) is 31.2. The quantitative estimate of drug-likeness (QED) is 0.353. The standard InChI is InChI=1S/C23H19NO7/c25-17-11-9-16(23(30)31)22(29)19(17)24-18(26)12-10-15(20(27)13-5-1-2-6-13)21(28)14-7-3-4-8-14/h1-9,11,15,25,29H,10,12H2,(H,24,26)(H,30,31). The van der Waals surface area contributed by atoms with Crippen molar-refractivity contribution in [2.24, 2.45) is 5.92 Å². The van der Waals surface area contributed by atoms with Crippen molar-refractivity contribution in [1.29, 1.82) is 0 Å². The number of phenolic OH excluding ortho intramolecular Hbond substituents is 1. The Bertz CT molecular complexity index is 839. The minimum atomic E-state index is -1.44. The Labute approximate surface area is 180 Å². The Morgan fingerprint density at radius 3 is 1.84 bits per heavy atom. The summed E-state index contributed by atoms with van der Waals surface area (Å²) in [7, 11) is 0. The lowest BCUT2D eigenvalue weighted by molar-refractivity contribution is -0.130. The lowest BCUT2D eigenvalue weighted by atomic mass is 9.80. The van der Waals surface area contributed by atoms with Crippen molar-refractivity contribution in [3.8, 4) is 11.5 Å². The Hall–Kier alpha value is -2.90. The minimum absolute atomic E-state index is 0.111. The maximum Gasteiger partial charge on any atom is 0.339 e.